The summed E-state index contributed by atoms with van der Waals surface area (Å²) in [5.41, 5.74) is 4.81. The molecule has 0 aromatic heterocycles. The Morgan fingerprint density at radius 1 is 1.32 bits per heavy atom. The van der Waals surface area contributed by atoms with Gasteiger partial charge in [-0.2, -0.15) is 13.2 Å². The fourth-order valence-electron chi connectivity index (χ4n) is 2.52. The van der Waals surface area contributed by atoms with Crippen LogP contribution in [-0.2, 0) is 17.5 Å². The molecule has 1 amide bonds. The summed E-state index contributed by atoms with van der Waals surface area (Å²) in [5, 5.41) is 0. The third-order valence-corrected chi connectivity index (χ3v) is 3.68. The van der Waals surface area contributed by atoms with E-state index in [1.54, 1.807) is 0 Å². The number of rotatable bonds is 5. The summed E-state index contributed by atoms with van der Waals surface area (Å²) in [6.07, 6.45) is -3.39. The highest BCUT2D eigenvalue weighted by atomic mass is 19.4. The molecule has 1 atom stereocenters. The van der Waals surface area contributed by atoms with Gasteiger partial charge in [0.05, 0.1) is 12.1 Å². The Morgan fingerprint density at radius 2 is 1.95 bits per heavy atom. The van der Waals surface area contributed by atoms with Gasteiger partial charge in [0.2, 0.25) is 0 Å². The van der Waals surface area contributed by atoms with Crippen molar-refractivity contribution in [1.82, 2.24) is 4.90 Å². The van der Waals surface area contributed by atoms with Gasteiger partial charge in [-0.1, -0.05) is 12.1 Å². The lowest BCUT2D eigenvalue weighted by molar-refractivity contribution is -0.137. The minimum absolute atomic E-state index is 0.231. The van der Waals surface area contributed by atoms with Crippen LogP contribution in [0.25, 0.3) is 0 Å². The molecule has 1 fully saturated rings. The zero-order valence-electron chi connectivity index (χ0n) is 12.3. The first-order valence-corrected chi connectivity index (χ1v) is 7.08. The van der Waals surface area contributed by atoms with Gasteiger partial charge in [0, 0.05) is 6.54 Å². The Labute approximate surface area is 127 Å². The fraction of sp³-hybridized carbons (Fsp3) is 0.533. The lowest BCUT2D eigenvalue weighted by Gasteiger charge is -2.21. The minimum Gasteiger partial charge on any atom is -0.441 e. The van der Waals surface area contributed by atoms with Crippen LogP contribution in [0.4, 0.5) is 18.0 Å². The number of cyclic esters (lactones) is 1. The summed E-state index contributed by atoms with van der Waals surface area (Å²) >= 11 is 0. The molecule has 0 aliphatic carbocycles. The maximum atomic E-state index is 12.5. The molecule has 1 aromatic carbocycles. The third-order valence-electron chi connectivity index (χ3n) is 3.68. The average molecular weight is 316 g/mol. The van der Waals surface area contributed by atoms with Gasteiger partial charge in [-0.3, -0.25) is 4.90 Å². The second-order valence-corrected chi connectivity index (χ2v) is 5.76. The lowest BCUT2D eigenvalue weighted by Crippen LogP contribution is -2.31. The van der Waals surface area contributed by atoms with Crippen molar-refractivity contribution in [2.75, 3.05) is 13.1 Å². The van der Waals surface area contributed by atoms with Crippen molar-refractivity contribution in [2.45, 2.75) is 38.1 Å². The van der Waals surface area contributed by atoms with Gasteiger partial charge < -0.3 is 10.5 Å². The number of carbonyl (C=O) groups excluding carboxylic acids is 1. The summed E-state index contributed by atoms with van der Waals surface area (Å²) in [6.45, 7) is 3.00. The van der Waals surface area contributed by atoms with Gasteiger partial charge in [0.15, 0.2) is 0 Å². The van der Waals surface area contributed by atoms with Crippen molar-refractivity contribution in [2.24, 2.45) is 5.73 Å². The number of benzene rings is 1. The molecule has 1 saturated heterocycles. The highest BCUT2D eigenvalue weighted by molar-refractivity contribution is 5.70. The molecular weight excluding hydrogens is 297 g/mol. The number of nitrogens with zero attached hydrogens (tertiary/aromatic N) is 1. The summed E-state index contributed by atoms with van der Waals surface area (Å²) in [4.78, 5) is 13.4. The highest BCUT2D eigenvalue weighted by Crippen LogP contribution is 2.31. The van der Waals surface area contributed by atoms with Crippen LogP contribution in [0.5, 0.6) is 0 Å². The molecule has 2 N–H and O–H groups in total. The van der Waals surface area contributed by atoms with E-state index in [0.717, 1.165) is 18.6 Å². The van der Waals surface area contributed by atoms with Crippen LogP contribution in [0.15, 0.2) is 24.3 Å². The van der Waals surface area contributed by atoms with Gasteiger partial charge in [0.25, 0.3) is 0 Å². The largest absolute Gasteiger partial charge is 0.441 e. The number of ether oxygens (including phenoxy) is 1. The Morgan fingerprint density at radius 3 is 2.50 bits per heavy atom. The summed E-state index contributed by atoms with van der Waals surface area (Å²) in [7, 11) is 0. The van der Waals surface area contributed by atoms with Gasteiger partial charge in [-0.05, 0) is 44.0 Å². The molecule has 0 saturated carbocycles. The zero-order chi connectivity index (χ0) is 16.4. The Bertz CT molecular complexity index is 531. The SMILES string of the molecule is CC1(CCCN)CN(Cc2ccc(C(F)(F)F)cc2)C(=O)O1. The number of hydrogen-bond acceptors (Lipinski definition) is 3. The van der Waals surface area contributed by atoms with Crippen molar-refractivity contribution < 1.29 is 22.7 Å². The average Bonchev–Trinajstić information content (AvgIpc) is 2.71. The molecule has 2 rings (SSSR count). The van der Waals surface area contributed by atoms with E-state index in [0.29, 0.717) is 25.1 Å². The van der Waals surface area contributed by atoms with Crippen LogP contribution >= 0.6 is 0 Å². The summed E-state index contributed by atoms with van der Waals surface area (Å²) in [6, 6.07) is 4.80. The molecule has 0 radical (unpaired) electrons. The normalized spacial score (nSPS) is 22.0. The van der Waals surface area contributed by atoms with Crippen LogP contribution < -0.4 is 5.73 Å². The van der Waals surface area contributed by atoms with Crippen LogP contribution in [0.1, 0.15) is 30.9 Å². The summed E-state index contributed by atoms with van der Waals surface area (Å²) in [5.74, 6) is 0. The second kappa shape index (κ2) is 6.16. The van der Waals surface area contributed by atoms with E-state index in [4.69, 9.17) is 10.5 Å². The first-order valence-electron chi connectivity index (χ1n) is 7.08. The smallest absolute Gasteiger partial charge is 0.416 e. The van der Waals surface area contributed by atoms with Crippen LogP contribution in [-0.4, -0.2) is 29.7 Å². The first kappa shape index (κ1) is 16.6. The molecule has 122 valence electrons. The number of nitrogens with two attached hydrogens (primary N) is 1. The predicted molar refractivity (Wildman–Crippen MR) is 75.0 cm³/mol. The van der Waals surface area contributed by atoms with Crippen molar-refractivity contribution in [3.8, 4) is 0 Å². The van der Waals surface area contributed by atoms with E-state index in [-0.39, 0.29) is 6.54 Å². The van der Waals surface area contributed by atoms with Gasteiger partial charge in [-0.25, -0.2) is 4.79 Å². The Hall–Kier alpha value is -1.76. The van der Waals surface area contributed by atoms with Crippen molar-refractivity contribution in [1.29, 1.82) is 0 Å². The molecule has 4 nitrogen and oxygen atoms in total. The molecule has 0 spiro atoms. The Kier molecular flexibility index (Phi) is 4.65. The van der Waals surface area contributed by atoms with Crippen LogP contribution in [0.3, 0.4) is 0 Å². The highest BCUT2D eigenvalue weighted by Gasteiger charge is 2.40. The molecule has 1 aliphatic rings. The van der Waals surface area contributed by atoms with Crippen molar-refractivity contribution in [3.05, 3.63) is 35.4 Å². The maximum absolute atomic E-state index is 12.5. The second-order valence-electron chi connectivity index (χ2n) is 5.76. The van der Waals surface area contributed by atoms with Gasteiger partial charge in [0.1, 0.15) is 5.60 Å². The fourth-order valence-corrected chi connectivity index (χ4v) is 2.52. The lowest BCUT2D eigenvalue weighted by atomic mass is 10.00. The quantitative estimate of drug-likeness (QED) is 0.908. The molecule has 22 heavy (non-hydrogen) atoms. The molecule has 0 bridgehead atoms. The van der Waals surface area contributed by atoms with Crippen molar-refractivity contribution >= 4 is 6.09 Å². The molecule has 7 heteroatoms. The number of amides is 1. The number of halogens is 3. The maximum Gasteiger partial charge on any atom is 0.416 e. The third kappa shape index (κ3) is 3.91. The van der Waals surface area contributed by atoms with E-state index in [1.807, 2.05) is 6.92 Å². The predicted octanol–water partition coefficient (Wildman–Crippen LogP) is 3.16. The summed E-state index contributed by atoms with van der Waals surface area (Å²) < 4.78 is 42.9. The van der Waals surface area contributed by atoms with Crippen molar-refractivity contribution in [3.63, 3.8) is 0 Å². The van der Waals surface area contributed by atoms with E-state index in [1.165, 1.54) is 17.0 Å². The van der Waals surface area contributed by atoms with E-state index < -0.39 is 23.4 Å². The van der Waals surface area contributed by atoms with Gasteiger partial charge in [-0.15, -0.1) is 0 Å². The topological polar surface area (TPSA) is 55.6 Å². The van der Waals surface area contributed by atoms with E-state index in [2.05, 4.69) is 0 Å². The molecule has 1 aromatic rings. The molecule has 1 heterocycles. The Balaban J connectivity index is 2.00. The first-order chi connectivity index (χ1) is 10.2. The molecule has 1 aliphatic heterocycles. The number of carbonyl (C=O) groups is 1. The van der Waals surface area contributed by atoms with Crippen LogP contribution in [0.2, 0.25) is 0 Å². The molecule has 1 unspecified atom stereocenters. The standard InChI is InChI=1S/C15H19F3N2O2/c1-14(7-2-8-19)10-20(13(21)22-14)9-11-3-5-12(6-4-11)15(16,17)18/h3-6H,2,7-10,19H2,1H3. The van der Waals surface area contributed by atoms with E-state index >= 15 is 0 Å². The van der Waals surface area contributed by atoms with E-state index in [9.17, 15) is 18.0 Å². The van der Waals surface area contributed by atoms with Crippen LogP contribution in [0, 0.1) is 0 Å². The minimum atomic E-state index is -4.36. The number of alkyl halides is 3. The monoisotopic (exact) mass is 316 g/mol. The zero-order valence-corrected chi connectivity index (χ0v) is 12.3. The molecular formula is C15H19F3N2O2. The number of hydrogen-bond donors (Lipinski definition) is 1. The van der Waals surface area contributed by atoms with Gasteiger partial charge >= 0.3 is 12.3 Å².